The lowest BCUT2D eigenvalue weighted by atomic mass is 10.2. The second-order valence-corrected chi connectivity index (χ2v) is 5.60. The first-order chi connectivity index (χ1) is 11.5. The highest BCUT2D eigenvalue weighted by molar-refractivity contribution is 6.01. The van der Waals surface area contributed by atoms with Gasteiger partial charge in [-0.2, -0.15) is 0 Å². The van der Waals surface area contributed by atoms with Gasteiger partial charge in [0.2, 0.25) is 0 Å². The van der Waals surface area contributed by atoms with Crippen LogP contribution in [0.5, 0.6) is 0 Å². The minimum absolute atomic E-state index is 0.120. The Kier molecular flexibility index (Phi) is 3.09. The highest BCUT2D eigenvalue weighted by atomic mass is 19.1. The molecule has 24 heavy (non-hydrogen) atoms. The Labute approximate surface area is 135 Å². The number of halogens is 1. The maximum atomic E-state index is 13.0. The molecule has 0 amide bonds. The second kappa shape index (κ2) is 5.16. The summed E-state index contributed by atoms with van der Waals surface area (Å²) in [5.41, 5.74) is 1.75. The van der Waals surface area contributed by atoms with E-state index in [1.165, 1.54) is 12.1 Å². The number of hydrogen-bond donors (Lipinski definition) is 1. The molecule has 0 spiro atoms. The van der Waals surface area contributed by atoms with E-state index < -0.39 is 5.56 Å². The molecule has 0 saturated heterocycles. The predicted molar refractivity (Wildman–Crippen MR) is 86.7 cm³/mol. The van der Waals surface area contributed by atoms with Crippen molar-refractivity contribution in [2.24, 2.45) is 0 Å². The maximum Gasteiger partial charge on any atom is 0.312 e. The molecule has 1 N–H and O–H groups in total. The van der Waals surface area contributed by atoms with Crippen molar-refractivity contribution in [3.8, 4) is 0 Å². The zero-order valence-electron chi connectivity index (χ0n) is 12.8. The van der Waals surface area contributed by atoms with Gasteiger partial charge in [-0.05, 0) is 30.7 Å². The summed E-state index contributed by atoms with van der Waals surface area (Å²) in [5, 5.41) is 10.4. The van der Waals surface area contributed by atoms with Crippen LogP contribution in [0.2, 0.25) is 0 Å². The summed E-state index contributed by atoms with van der Waals surface area (Å²) in [6.45, 7) is 2.10. The molecule has 6 nitrogen and oxygen atoms in total. The van der Waals surface area contributed by atoms with Gasteiger partial charge < -0.3 is 9.77 Å². The van der Waals surface area contributed by atoms with Crippen molar-refractivity contribution in [1.82, 2.24) is 19.3 Å². The third-order valence-corrected chi connectivity index (χ3v) is 4.04. The fraction of sp³-hybridized carbons (Fsp3) is 0.118. The molecule has 4 aromatic rings. The fourth-order valence-corrected chi connectivity index (χ4v) is 2.79. The molecule has 0 atom stereocenters. The van der Waals surface area contributed by atoms with Gasteiger partial charge in [-0.15, -0.1) is 4.73 Å². The lowest BCUT2D eigenvalue weighted by Gasteiger charge is -2.07. The molecule has 1 aromatic carbocycles. The third-order valence-electron chi connectivity index (χ3n) is 4.04. The topological polar surface area (TPSA) is 72.9 Å². The molecule has 0 aliphatic rings. The number of pyridine rings is 1. The van der Waals surface area contributed by atoms with Gasteiger partial charge >= 0.3 is 5.56 Å². The summed E-state index contributed by atoms with van der Waals surface area (Å²) in [5.74, 6) is -0.0724. The molecule has 7 heteroatoms. The molecule has 0 fully saturated rings. The Balaban J connectivity index is 1.89. The van der Waals surface area contributed by atoms with Crippen molar-refractivity contribution in [2.75, 3.05) is 0 Å². The molecule has 0 aliphatic carbocycles. The highest BCUT2D eigenvalue weighted by Gasteiger charge is 2.13. The van der Waals surface area contributed by atoms with Crippen LogP contribution in [0.25, 0.3) is 21.9 Å². The maximum absolute atomic E-state index is 13.0. The molecular weight excluding hydrogens is 311 g/mol. The van der Waals surface area contributed by atoms with Crippen molar-refractivity contribution in [2.45, 2.75) is 13.5 Å². The molecule has 0 saturated carbocycles. The van der Waals surface area contributed by atoms with Gasteiger partial charge in [0.25, 0.3) is 0 Å². The molecule has 0 aliphatic heterocycles. The van der Waals surface area contributed by atoms with Gasteiger partial charge in [0.15, 0.2) is 5.52 Å². The highest BCUT2D eigenvalue weighted by Crippen LogP contribution is 2.22. The number of rotatable bonds is 2. The van der Waals surface area contributed by atoms with Crippen LogP contribution in [0.1, 0.15) is 11.4 Å². The fourth-order valence-electron chi connectivity index (χ4n) is 2.79. The molecule has 0 bridgehead atoms. The number of aryl methyl sites for hydroxylation is 1. The van der Waals surface area contributed by atoms with Crippen LogP contribution < -0.4 is 5.56 Å². The van der Waals surface area contributed by atoms with Crippen LogP contribution in [0.15, 0.2) is 47.5 Å². The quantitative estimate of drug-likeness (QED) is 0.575. The van der Waals surface area contributed by atoms with Crippen molar-refractivity contribution in [1.29, 1.82) is 0 Å². The Morgan fingerprint density at radius 2 is 1.92 bits per heavy atom. The summed E-state index contributed by atoms with van der Waals surface area (Å²) in [7, 11) is 0. The first-order valence-electron chi connectivity index (χ1n) is 7.35. The van der Waals surface area contributed by atoms with E-state index in [9.17, 15) is 14.4 Å². The van der Waals surface area contributed by atoms with E-state index >= 15 is 0 Å². The van der Waals surface area contributed by atoms with Gasteiger partial charge in [0.1, 0.15) is 17.2 Å². The minimum atomic E-state index is -0.592. The van der Waals surface area contributed by atoms with Gasteiger partial charge in [-0.25, -0.2) is 14.4 Å². The average Bonchev–Trinajstić information content (AvgIpc) is 2.98. The normalized spacial score (nSPS) is 11.4. The number of fused-ring (bicyclic) bond motifs is 3. The molecule has 4 rings (SSSR count). The number of nitrogens with zero attached hydrogens (tertiary/aromatic N) is 4. The zero-order valence-corrected chi connectivity index (χ0v) is 12.8. The number of hydrogen-bond acceptors (Lipinski definition) is 4. The number of aromatic nitrogens is 4. The summed E-state index contributed by atoms with van der Waals surface area (Å²) in [4.78, 5) is 20.5. The van der Waals surface area contributed by atoms with Gasteiger partial charge in [0.05, 0.1) is 11.7 Å². The summed E-state index contributed by atoms with van der Waals surface area (Å²) in [6.07, 6.45) is 3.45. The Morgan fingerprint density at radius 1 is 1.17 bits per heavy atom. The predicted octanol–water partition coefficient (Wildman–Crippen LogP) is 2.48. The average molecular weight is 324 g/mol. The van der Waals surface area contributed by atoms with E-state index in [1.807, 2.05) is 16.8 Å². The summed E-state index contributed by atoms with van der Waals surface area (Å²) in [6, 6.07) is 8.15. The third kappa shape index (κ3) is 2.13. The summed E-state index contributed by atoms with van der Waals surface area (Å²) >= 11 is 0. The first kappa shape index (κ1) is 14.4. The van der Waals surface area contributed by atoms with Gasteiger partial charge in [-0.3, -0.25) is 4.79 Å². The molecule has 3 aromatic heterocycles. The Morgan fingerprint density at radius 3 is 2.67 bits per heavy atom. The summed E-state index contributed by atoms with van der Waals surface area (Å²) < 4.78 is 15.5. The van der Waals surface area contributed by atoms with Crippen LogP contribution in [0.3, 0.4) is 0 Å². The van der Waals surface area contributed by atoms with E-state index in [0.717, 1.165) is 16.5 Å². The van der Waals surface area contributed by atoms with E-state index in [-0.39, 0.29) is 17.2 Å². The smallest absolute Gasteiger partial charge is 0.312 e. The van der Waals surface area contributed by atoms with Crippen molar-refractivity contribution in [3.63, 3.8) is 0 Å². The lowest BCUT2D eigenvalue weighted by Crippen LogP contribution is -2.22. The van der Waals surface area contributed by atoms with Crippen molar-refractivity contribution >= 4 is 21.9 Å². The largest absolute Gasteiger partial charge is 0.424 e. The van der Waals surface area contributed by atoms with E-state index in [2.05, 4.69) is 9.97 Å². The number of benzene rings is 1. The van der Waals surface area contributed by atoms with Gasteiger partial charge in [0, 0.05) is 18.1 Å². The first-order valence-corrected chi connectivity index (χ1v) is 7.35. The second-order valence-electron chi connectivity index (χ2n) is 5.60. The Bertz CT molecular complexity index is 1130. The molecule has 120 valence electrons. The van der Waals surface area contributed by atoms with E-state index in [0.29, 0.717) is 16.8 Å². The lowest BCUT2D eigenvalue weighted by molar-refractivity contribution is 0.165. The Hall–Kier alpha value is -3.22. The van der Waals surface area contributed by atoms with Crippen LogP contribution in [0.4, 0.5) is 4.39 Å². The van der Waals surface area contributed by atoms with Crippen molar-refractivity contribution in [3.05, 3.63) is 70.3 Å². The zero-order chi connectivity index (χ0) is 16.8. The monoisotopic (exact) mass is 324 g/mol. The van der Waals surface area contributed by atoms with Crippen LogP contribution >= 0.6 is 0 Å². The van der Waals surface area contributed by atoms with Gasteiger partial charge in [-0.1, -0.05) is 12.1 Å². The standard InChI is InChI=1S/C17H13FN4O2/c1-10-20-15-13-6-7-21(9-11-2-4-12(18)5-3-11)14(13)8-19-16(15)17(23)22(10)24/h2-8,24H,9H2,1H3. The molecular formula is C17H13FN4O2. The van der Waals surface area contributed by atoms with Crippen LogP contribution in [0, 0.1) is 12.7 Å². The SMILES string of the molecule is Cc1nc2c(ncc3c2ccn3Cc2ccc(F)cc2)c(=O)n1O. The molecule has 3 heterocycles. The molecule has 0 unspecified atom stereocenters. The van der Waals surface area contributed by atoms with E-state index in [4.69, 9.17) is 0 Å². The van der Waals surface area contributed by atoms with E-state index in [1.54, 1.807) is 25.3 Å². The molecule has 0 radical (unpaired) electrons. The minimum Gasteiger partial charge on any atom is -0.424 e. The van der Waals surface area contributed by atoms with Crippen LogP contribution in [-0.4, -0.2) is 24.5 Å². The van der Waals surface area contributed by atoms with Crippen molar-refractivity contribution < 1.29 is 9.60 Å². The van der Waals surface area contributed by atoms with Crippen LogP contribution in [-0.2, 0) is 6.54 Å².